The van der Waals surface area contributed by atoms with Gasteiger partial charge in [0.15, 0.2) is 0 Å². The van der Waals surface area contributed by atoms with Crippen molar-refractivity contribution in [1.82, 2.24) is 10.2 Å². The molecule has 0 bridgehead atoms. The fourth-order valence-electron chi connectivity index (χ4n) is 4.95. The summed E-state index contributed by atoms with van der Waals surface area (Å²) in [6, 6.07) is 22.0. The molecule has 2 amide bonds. The lowest BCUT2D eigenvalue weighted by Crippen LogP contribution is -2.52. The van der Waals surface area contributed by atoms with Crippen LogP contribution in [-0.2, 0) is 4.79 Å². The van der Waals surface area contributed by atoms with Gasteiger partial charge < -0.3 is 21.8 Å². The number of nitrogens with two attached hydrogens (primary N) is 2. The molecule has 1 aliphatic heterocycles. The second kappa shape index (κ2) is 12.1. The van der Waals surface area contributed by atoms with Crippen molar-refractivity contribution in [2.24, 2.45) is 22.6 Å². The van der Waals surface area contributed by atoms with Crippen LogP contribution >= 0.6 is 11.6 Å². The number of piperidine rings is 1. The summed E-state index contributed by atoms with van der Waals surface area (Å²) in [6.45, 7) is 5.21. The molecular weight excluding hydrogens is 498 g/mol. The second-order valence-electron chi connectivity index (χ2n) is 9.99. The van der Waals surface area contributed by atoms with Crippen molar-refractivity contribution in [3.8, 4) is 11.1 Å². The van der Waals surface area contributed by atoms with Gasteiger partial charge >= 0.3 is 0 Å². The minimum absolute atomic E-state index is 0.0469. The summed E-state index contributed by atoms with van der Waals surface area (Å²) in [5.41, 5.74) is 9.81. The molecule has 1 fully saturated rings. The Morgan fingerprint density at radius 1 is 1.00 bits per heavy atom. The Bertz CT molecular complexity index is 1310. The highest BCUT2D eigenvalue weighted by Gasteiger charge is 2.32. The summed E-state index contributed by atoms with van der Waals surface area (Å²) in [4.78, 5) is 29.0. The van der Waals surface area contributed by atoms with E-state index in [1.165, 1.54) is 5.56 Å². The molecule has 4 rings (SSSR count). The van der Waals surface area contributed by atoms with E-state index < -0.39 is 6.04 Å². The van der Waals surface area contributed by atoms with E-state index in [0.29, 0.717) is 30.1 Å². The van der Waals surface area contributed by atoms with E-state index >= 15 is 0 Å². The molecule has 0 aromatic heterocycles. The number of carbonyl (C=O) groups is 2. The number of nitrogens with one attached hydrogen (secondary N) is 1. The van der Waals surface area contributed by atoms with Gasteiger partial charge in [0.2, 0.25) is 5.91 Å². The number of nitrogens with zero attached hydrogens (tertiary/aromatic N) is 2. The van der Waals surface area contributed by atoms with Gasteiger partial charge in [0, 0.05) is 29.2 Å². The average molecular weight is 532 g/mol. The first-order chi connectivity index (χ1) is 18.3. The zero-order chi connectivity index (χ0) is 27.2. The third kappa shape index (κ3) is 6.17. The molecule has 8 heteroatoms. The molecule has 1 aliphatic rings. The first-order valence-corrected chi connectivity index (χ1v) is 13.2. The number of benzene rings is 3. The summed E-state index contributed by atoms with van der Waals surface area (Å²) in [7, 11) is 0. The van der Waals surface area contributed by atoms with Crippen molar-refractivity contribution < 1.29 is 9.59 Å². The number of likely N-dealkylation sites (tertiary alicyclic amines) is 1. The summed E-state index contributed by atoms with van der Waals surface area (Å²) in [5, 5.41) is 7.31. The molecule has 0 saturated carbocycles. The summed E-state index contributed by atoms with van der Waals surface area (Å²) >= 11 is 6.03. The molecule has 1 saturated heterocycles. The zero-order valence-electron chi connectivity index (χ0n) is 21.7. The summed E-state index contributed by atoms with van der Waals surface area (Å²) < 4.78 is 0. The van der Waals surface area contributed by atoms with Crippen molar-refractivity contribution in [2.45, 2.75) is 38.6 Å². The van der Waals surface area contributed by atoms with Crippen LogP contribution in [0, 0.1) is 5.92 Å². The topological polar surface area (TPSA) is 114 Å². The van der Waals surface area contributed by atoms with Crippen LogP contribution in [0.4, 0.5) is 0 Å². The van der Waals surface area contributed by atoms with Crippen LogP contribution in [0.2, 0.25) is 5.02 Å². The molecule has 3 aromatic rings. The normalized spacial score (nSPS) is 15.4. The minimum atomic E-state index is -0.631. The second-order valence-corrected chi connectivity index (χ2v) is 10.4. The minimum Gasteiger partial charge on any atom is -0.382 e. The maximum absolute atomic E-state index is 13.6. The van der Waals surface area contributed by atoms with Gasteiger partial charge in [-0.05, 0) is 65.6 Å². The molecular formula is C30H34ClN5O2. The number of hydrogen-bond acceptors (Lipinski definition) is 4. The molecule has 38 heavy (non-hydrogen) atoms. The Hall–Kier alpha value is -3.84. The van der Waals surface area contributed by atoms with Crippen molar-refractivity contribution in [2.75, 3.05) is 13.1 Å². The van der Waals surface area contributed by atoms with Crippen molar-refractivity contribution >= 4 is 29.3 Å². The zero-order valence-corrected chi connectivity index (χ0v) is 22.5. The molecule has 7 nitrogen and oxygen atoms in total. The number of halogens is 1. The van der Waals surface area contributed by atoms with E-state index in [2.05, 4.69) is 22.6 Å². The third-order valence-electron chi connectivity index (χ3n) is 7.15. The van der Waals surface area contributed by atoms with E-state index in [-0.39, 0.29) is 23.6 Å². The van der Waals surface area contributed by atoms with Gasteiger partial charge in [-0.15, -0.1) is 0 Å². The van der Waals surface area contributed by atoms with Gasteiger partial charge in [-0.1, -0.05) is 74.0 Å². The molecule has 1 heterocycles. The van der Waals surface area contributed by atoms with Crippen LogP contribution in [-0.4, -0.2) is 41.7 Å². The Morgan fingerprint density at radius 2 is 1.68 bits per heavy atom. The van der Waals surface area contributed by atoms with Crippen molar-refractivity contribution in [3.63, 3.8) is 0 Å². The van der Waals surface area contributed by atoms with Crippen LogP contribution in [0.3, 0.4) is 0 Å². The van der Waals surface area contributed by atoms with Gasteiger partial charge in [0.25, 0.3) is 5.91 Å². The fraction of sp³-hybridized carbons (Fsp3) is 0.300. The van der Waals surface area contributed by atoms with E-state index in [1.807, 2.05) is 67.3 Å². The van der Waals surface area contributed by atoms with Crippen molar-refractivity contribution in [3.05, 3.63) is 94.5 Å². The molecule has 198 valence electrons. The SMILES string of the molecule is CC(C)C(NC(=O)c1ccccc1-c1cccc(/C(N)=N/N)c1)C(=O)N1CCC(c2ccc(Cl)cc2)CC1. The predicted octanol–water partition coefficient (Wildman–Crippen LogP) is 4.75. The molecule has 1 atom stereocenters. The maximum Gasteiger partial charge on any atom is 0.252 e. The summed E-state index contributed by atoms with van der Waals surface area (Å²) in [6.07, 6.45) is 1.75. The first-order valence-electron chi connectivity index (χ1n) is 12.9. The molecule has 1 unspecified atom stereocenters. The highest BCUT2D eigenvalue weighted by molar-refractivity contribution is 6.30. The third-order valence-corrected chi connectivity index (χ3v) is 7.40. The molecule has 5 N–H and O–H groups in total. The van der Waals surface area contributed by atoms with E-state index in [9.17, 15) is 9.59 Å². The van der Waals surface area contributed by atoms with Gasteiger partial charge in [0.1, 0.15) is 11.9 Å². The van der Waals surface area contributed by atoms with E-state index in [4.69, 9.17) is 23.2 Å². The van der Waals surface area contributed by atoms with Crippen LogP contribution in [0.5, 0.6) is 0 Å². The number of hydrazone groups is 1. The maximum atomic E-state index is 13.6. The van der Waals surface area contributed by atoms with Crippen LogP contribution in [0.1, 0.15) is 54.1 Å². The summed E-state index contributed by atoms with van der Waals surface area (Å²) in [5.74, 6) is 5.53. The Labute approximate surface area is 228 Å². The lowest BCUT2D eigenvalue weighted by molar-refractivity contribution is -0.135. The highest BCUT2D eigenvalue weighted by Crippen LogP contribution is 2.30. The van der Waals surface area contributed by atoms with E-state index in [1.54, 1.807) is 12.1 Å². The van der Waals surface area contributed by atoms with Crippen LogP contribution < -0.4 is 16.9 Å². The molecule has 0 spiro atoms. The predicted molar refractivity (Wildman–Crippen MR) is 153 cm³/mol. The Balaban J connectivity index is 1.48. The van der Waals surface area contributed by atoms with Gasteiger partial charge in [-0.3, -0.25) is 9.59 Å². The number of amides is 2. The standard InChI is InChI=1S/C30H34ClN5O2/c1-19(2)27(30(38)36-16-14-21(15-17-36)20-10-12-24(31)13-11-20)34-29(37)26-9-4-3-8-25(26)22-6-5-7-23(18-22)28(32)35-33/h3-13,18-19,21,27H,14-17,33H2,1-2H3,(H2,32,35)(H,34,37). The molecule has 3 aromatic carbocycles. The number of hydrogen-bond donors (Lipinski definition) is 3. The van der Waals surface area contributed by atoms with Crippen LogP contribution in [0.25, 0.3) is 11.1 Å². The number of amidine groups is 1. The Kier molecular flexibility index (Phi) is 8.69. The van der Waals surface area contributed by atoms with Gasteiger partial charge in [-0.25, -0.2) is 0 Å². The monoisotopic (exact) mass is 531 g/mol. The van der Waals surface area contributed by atoms with Crippen LogP contribution in [0.15, 0.2) is 77.9 Å². The van der Waals surface area contributed by atoms with Gasteiger partial charge in [0.05, 0.1) is 0 Å². The smallest absolute Gasteiger partial charge is 0.252 e. The first kappa shape index (κ1) is 27.2. The fourth-order valence-corrected chi connectivity index (χ4v) is 5.08. The Morgan fingerprint density at radius 3 is 2.34 bits per heavy atom. The van der Waals surface area contributed by atoms with Crippen molar-refractivity contribution in [1.29, 1.82) is 0 Å². The van der Waals surface area contributed by atoms with Gasteiger partial charge in [-0.2, -0.15) is 5.10 Å². The average Bonchev–Trinajstić information content (AvgIpc) is 2.95. The van der Waals surface area contributed by atoms with E-state index in [0.717, 1.165) is 29.0 Å². The molecule has 0 radical (unpaired) electrons. The lowest BCUT2D eigenvalue weighted by atomic mass is 9.89. The number of carbonyl (C=O) groups excluding carboxylic acids is 2. The molecule has 0 aliphatic carbocycles. The lowest BCUT2D eigenvalue weighted by Gasteiger charge is -2.35. The number of rotatable bonds is 7. The quantitative estimate of drug-likeness (QED) is 0.177. The highest BCUT2D eigenvalue weighted by atomic mass is 35.5. The largest absolute Gasteiger partial charge is 0.382 e.